The minimum absolute atomic E-state index is 0.296. The largest absolute Gasteiger partial charge is 0.486 e. The van der Waals surface area contributed by atoms with E-state index in [1.165, 1.54) is 11.3 Å². The fourth-order valence-electron chi connectivity index (χ4n) is 2.98. The Bertz CT molecular complexity index is 1040. The molecule has 1 aliphatic heterocycles. The van der Waals surface area contributed by atoms with Gasteiger partial charge in [-0.3, -0.25) is 10.1 Å². The maximum atomic E-state index is 12.6. The van der Waals surface area contributed by atoms with E-state index in [0.29, 0.717) is 40.4 Å². The van der Waals surface area contributed by atoms with E-state index in [2.05, 4.69) is 34.8 Å². The number of rotatable bonds is 3. The molecule has 140 valence electrons. The van der Waals surface area contributed by atoms with Crippen molar-refractivity contribution in [3.8, 4) is 22.8 Å². The molecular formula is C19H18ClN3O3S. The number of aromatic nitrogens is 2. The van der Waals surface area contributed by atoms with E-state index in [1.807, 2.05) is 12.4 Å². The topological polar surface area (TPSA) is 65.4 Å². The van der Waals surface area contributed by atoms with Gasteiger partial charge in [0.2, 0.25) is 0 Å². The van der Waals surface area contributed by atoms with Crippen LogP contribution in [0.1, 0.15) is 21.7 Å². The Morgan fingerprint density at radius 2 is 2.04 bits per heavy atom. The normalized spacial score (nSPS) is 12.9. The van der Waals surface area contributed by atoms with Gasteiger partial charge in [-0.2, -0.15) is 0 Å². The number of fused-ring (bicyclic) bond motifs is 1. The molecule has 0 saturated carbocycles. The third-order valence-corrected chi connectivity index (χ3v) is 5.67. The summed E-state index contributed by atoms with van der Waals surface area (Å²) in [4.78, 5) is 17.2. The van der Waals surface area contributed by atoms with Crippen molar-refractivity contribution in [2.24, 2.45) is 7.05 Å². The zero-order valence-corrected chi connectivity index (χ0v) is 16.7. The molecule has 3 heterocycles. The van der Waals surface area contributed by atoms with Gasteiger partial charge < -0.3 is 14.0 Å². The van der Waals surface area contributed by atoms with Crippen molar-refractivity contribution in [1.82, 2.24) is 9.55 Å². The molecule has 0 atom stereocenters. The lowest BCUT2D eigenvalue weighted by molar-refractivity contribution is 0.102. The summed E-state index contributed by atoms with van der Waals surface area (Å²) in [5, 5.41) is 5.65. The highest BCUT2D eigenvalue weighted by atomic mass is 35.5. The number of hydrogen-bond donors (Lipinski definition) is 1. The average molecular weight is 404 g/mol. The quantitative estimate of drug-likeness (QED) is 0.702. The van der Waals surface area contributed by atoms with Crippen molar-refractivity contribution >= 4 is 34.0 Å². The van der Waals surface area contributed by atoms with Crippen molar-refractivity contribution < 1.29 is 14.3 Å². The highest BCUT2D eigenvalue weighted by molar-refractivity contribution is 7.14. The molecule has 0 unspecified atom stereocenters. The van der Waals surface area contributed by atoms with Crippen LogP contribution in [0.5, 0.6) is 11.5 Å². The van der Waals surface area contributed by atoms with Gasteiger partial charge in [0.15, 0.2) is 16.6 Å². The molecular weight excluding hydrogens is 386 g/mol. The van der Waals surface area contributed by atoms with Crippen LogP contribution in [0, 0.1) is 13.8 Å². The Kier molecular flexibility index (Phi) is 4.57. The molecule has 1 amide bonds. The highest BCUT2D eigenvalue weighted by Crippen LogP contribution is 2.38. The number of benzene rings is 1. The predicted molar refractivity (Wildman–Crippen MR) is 106 cm³/mol. The second-order valence-corrected chi connectivity index (χ2v) is 7.58. The number of thiazole rings is 1. The molecule has 0 fully saturated rings. The fourth-order valence-corrected chi connectivity index (χ4v) is 3.95. The monoisotopic (exact) mass is 403 g/mol. The lowest BCUT2D eigenvalue weighted by Crippen LogP contribution is -2.17. The molecule has 2 aromatic heterocycles. The smallest absolute Gasteiger partial charge is 0.257 e. The van der Waals surface area contributed by atoms with Crippen molar-refractivity contribution in [3.63, 3.8) is 0 Å². The number of aryl methyl sites for hydroxylation is 1. The Balaban J connectivity index is 1.56. The van der Waals surface area contributed by atoms with Gasteiger partial charge in [0.1, 0.15) is 13.2 Å². The summed E-state index contributed by atoms with van der Waals surface area (Å²) in [5.74, 6) is 0.663. The van der Waals surface area contributed by atoms with Gasteiger partial charge in [0, 0.05) is 34.9 Å². The molecule has 0 spiro atoms. The van der Waals surface area contributed by atoms with Gasteiger partial charge in [0.05, 0.1) is 10.7 Å². The van der Waals surface area contributed by atoms with E-state index in [1.54, 1.807) is 12.1 Å². The number of halogens is 1. The van der Waals surface area contributed by atoms with E-state index >= 15 is 0 Å². The maximum absolute atomic E-state index is 12.6. The van der Waals surface area contributed by atoms with Crippen LogP contribution in [0.2, 0.25) is 5.02 Å². The molecule has 4 rings (SSSR count). The zero-order chi connectivity index (χ0) is 19.1. The molecule has 1 aromatic carbocycles. The highest BCUT2D eigenvalue weighted by Gasteiger charge is 2.20. The second kappa shape index (κ2) is 6.90. The van der Waals surface area contributed by atoms with Gasteiger partial charge in [-0.15, -0.1) is 11.3 Å². The van der Waals surface area contributed by atoms with Crippen LogP contribution in [0.4, 0.5) is 5.13 Å². The van der Waals surface area contributed by atoms with Crippen LogP contribution < -0.4 is 14.8 Å². The molecule has 6 nitrogen and oxygen atoms in total. The first-order valence-corrected chi connectivity index (χ1v) is 9.69. The van der Waals surface area contributed by atoms with Crippen LogP contribution >= 0.6 is 22.9 Å². The standard InChI is InChI=1S/C19H18ClN3O3S/c1-10-6-13(11(2)23(10)3)15-9-27-19(21-15)22-18(24)12-7-14(20)17-16(8-12)25-4-5-26-17/h6-9H,4-5H2,1-3H3,(H,21,22,24). The maximum Gasteiger partial charge on any atom is 0.257 e. The molecule has 0 aliphatic carbocycles. The molecule has 0 radical (unpaired) electrons. The molecule has 1 aliphatic rings. The first kappa shape index (κ1) is 17.9. The number of hydrogen-bond acceptors (Lipinski definition) is 5. The van der Waals surface area contributed by atoms with E-state index in [0.717, 1.165) is 22.6 Å². The van der Waals surface area contributed by atoms with Gasteiger partial charge in [-0.05, 0) is 32.0 Å². The summed E-state index contributed by atoms with van der Waals surface area (Å²) >= 11 is 7.60. The van der Waals surface area contributed by atoms with Gasteiger partial charge >= 0.3 is 0 Å². The number of carbonyl (C=O) groups excluding carboxylic acids is 1. The lowest BCUT2D eigenvalue weighted by atomic mass is 10.2. The summed E-state index contributed by atoms with van der Waals surface area (Å²) in [6, 6.07) is 5.30. The molecule has 0 bridgehead atoms. The fraction of sp³-hybridized carbons (Fsp3) is 0.263. The van der Waals surface area contributed by atoms with Gasteiger partial charge in [-0.1, -0.05) is 11.6 Å². The van der Waals surface area contributed by atoms with Crippen molar-refractivity contribution in [1.29, 1.82) is 0 Å². The van der Waals surface area contributed by atoms with Crippen molar-refractivity contribution in [3.05, 3.63) is 45.6 Å². The van der Waals surface area contributed by atoms with E-state index in [9.17, 15) is 4.79 Å². The Morgan fingerprint density at radius 3 is 2.78 bits per heavy atom. The number of anilines is 1. The predicted octanol–water partition coefficient (Wildman–Crippen LogP) is 4.44. The van der Waals surface area contributed by atoms with Crippen molar-refractivity contribution in [2.75, 3.05) is 18.5 Å². The summed E-state index contributed by atoms with van der Waals surface area (Å²) in [5.41, 5.74) is 4.60. The Labute approximate surface area is 165 Å². The van der Waals surface area contributed by atoms with Crippen molar-refractivity contribution in [2.45, 2.75) is 13.8 Å². The van der Waals surface area contributed by atoms with Crippen LogP contribution in [0.25, 0.3) is 11.3 Å². The van der Waals surface area contributed by atoms with Crippen LogP contribution in [-0.2, 0) is 7.05 Å². The summed E-state index contributed by atoms with van der Waals surface area (Å²) in [6.45, 7) is 4.98. The summed E-state index contributed by atoms with van der Waals surface area (Å²) in [7, 11) is 2.02. The summed E-state index contributed by atoms with van der Waals surface area (Å²) < 4.78 is 13.1. The number of nitrogens with zero attached hydrogens (tertiary/aromatic N) is 2. The summed E-state index contributed by atoms with van der Waals surface area (Å²) in [6.07, 6.45) is 0. The van der Waals surface area contributed by atoms with Gasteiger partial charge in [-0.25, -0.2) is 4.98 Å². The van der Waals surface area contributed by atoms with E-state index < -0.39 is 0 Å². The van der Waals surface area contributed by atoms with Gasteiger partial charge in [0.25, 0.3) is 5.91 Å². The number of carbonyl (C=O) groups is 1. The molecule has 1 N–H and O–H groups in total. The molecule has 3 aromatic rings. The first-order chi connectivity index (χ1) is 12.9. The number of ether oxygens (including phenoxy) is 2. The third-order valence-electron chi connectivity index (χ3n) is 4.63. The lowest BCUT2D eigenvalue weighted by Gasteiger charge is -2.20. The zero-order valence-electron chi connectivity index (χ0n) is 15.1. The van der Waals surface area contributed by atoms with Crippen LogP contribution in [-0.4, -0.2) is 28.7 Å². The molecule has 27 heavy (non-hydrogen) atoms. The second-order valence-electron chi connectivity index (χ2n) is 6.32. The first-order valence-electron chi connectivity index (χ1n) is 8.43. The molecule has 8 heteroatoms. The average Bonchev–Trinajstić information content (AvgIpc) is 3.21. The molecule has 0 saturated heterocycles. The Morgan fingerprint density at radius 1 is 1.26 bits per heavy atom. The SMILES string of the molecule is Cc1cc(-c2csc(NC(=O)c3cc(Cl)c4c(c3)OCCO4)n2)c(C)n1C. The van der Waals surface area contributed by atoms with E-state index in [4.69, 9.17) is 21.1 Å². The van der Waals surface area contributed by atoms with E-state index in [-0.39, 0.29) is 5.91 Å². The van der Waals surface area contributed by atoms with Crippen LogP contribution in [0.15, 0.2) is 23.6 Å². The van der Waals surface area contributed by atoms with Crippen LogP contribution in [0.3, 0.4) is 0 Å². The third kappa shape index (κ3) is 3.28. The minimum atomic E-state index is -0.296. The minimum Gasteiger partial charge on any atom is -0.486 e. The Hall–Kier alpha value is -2.51. The number of amides is 1. The number of nitrogens with one attached hydrogen (secondary N) is 1.